The Kier molecular flexibility index (Phi) is 10.3. The minimum absolute atomic E-state index is 0.126. The highest BCUT2D eigenvalue weighted by atomic mass is 35.5. The summed E-state index contributed by atoms with van der Waals surface area (Å²) in [4.78, 5) is 27.9. The van der Waals surface area contributed by atoms with Gasteiger partial charge in [-0.25, -0.2) is 17.9 Å². The molecule has 2 N–H and O–H groups in total. The standard InChI is InChI=1S/C28H32Cl4N2O5S/c1-14(2)34-40(37,38)13-23(35)26-25(19-11-17(29)7-9-21(19)31)24(27(36)39-15(3)4)16(5)33-28(26,6)20-12-18(30)8-10-22(20)32/h7-12,14-15,25-26,33-34H,13H2,1-6H3. The van der Waals surface area contributed by atoms with Crippen molar-refractivity contribution < 1.29 is 22.7 Å². The molecule has 0 amide bonds. The van der Waals surface area contributed by atoms with Crippen LogP contribution in [0.2, 0.25) is 20.1 Å². The van der Waals surface area contributed by atoms with Gasteiger partial charge in [-0.2, -0.15) is 0 Å². The molecule has 12 heteroatoms. The number of Topliss-reactive ketones (excluding diaryl/α,β-unsaturated/α-hetero) is 1. The third-order valence-corrected chi connectivity index (χ3v) is 9.19. The number of ether oxygens (including phenoxy) is 1. The molecule has 1 aliphatic rings. The number of carbonyl (C=O) groups excluding carboxylic acids is 2. The molecule has 0 bridgehead atoms. The Balaban J connectivity index is 2.41. The van der Waals surface area contributed by atoms with Crippen molar-refractivity contribution in [2.75, 3.05) is 5.75 Å². The molecule has 40 heavy (non-hydrogen) atoms. The molecule has 3 atom stereocenters. The SMILES string of the molecule is CC1=C(C(=O)OC(C)C)C(c2cc(Cl)ccc2Cl)C(C(=O)CS(=O)(=O)NC(C)C)C(C)(c2cc(Cl)ccc2Cl)N1. The number of hydrogen-bond acceptors (Lipinski definition) is 6. The van der Waals surface area contributed by atoms with Crippen molar-refractivity contribution in [2.45, 2.75) is 65.1 Å². The Hall–Kier alpha value is -1.81. The molecule has 1 heterocycles. The average molecular weight is 650 g/mol. The summed E-state index contributed by atoms with van der Waals surface area (Å²) < 4.78 is 34.0. The molecule has 0 aromatic heterocycles. The maximum Gasteiger partial charge on any atom is 0.336 e. The first-order valence-electron chi connectivity index (χ1n) is 12.6. The van der Waals surface area contributed by atoms with E-state index in [1.807, 2.05) is 0 Å². The van der Waals surface area contributed by atoms with Crippen LogP contribution < -0.4 is 10.0 Å². The number of nitrogens with one attached hydrogen (secondary N) is 2. The first kappa shape index (κ1) is 32.7. The van der Waals surface area contributed by atoms with Gasteiger partial charge in [0.2, 0.25) is 10.0 Å². The molecule has 218 valence electrons. The van der Waals surface area contributed by atoms with Gasteiger partial charge in [0.15, 0.2) is 5.78 Å². The van der Waals surface area contributed by atoms with Crippen LogP contribution in [0.4, 0.5) is 0 Å². The second kappa shape index (κ2) is 12.6. The van der Waals surface area contributed by atoms with Crippen LogP contribution in [0, 0.1) is 5.92 Å². The van der Waals surface area contributed by atoms with Gasteiger partial charge in [0, 0.05) is 37.7 Å². The van der Waals surface area contributed by atoms with Gasteiger partial charge in [-0.15, -0.1) is 0 Å². The number of benzene rings is 2. The van der Waals surface area contributed by atoms with E-state index < -0.39 is 57.0 Å². The summed E-state index contributed by atoms with van der Waals surface area (Å²) in [6.07, 6.45) is -0.469. The minimum Gasteiger partial charge on any atom is -0.460 e. The Morgan fingerprint density at radius 2 is 1.57 bits per heavy atom. The molecule has 2 aromatic carbocycles. The minimum atomic E-state index is -4.05. The number of sulfonamides is 1. The molecule has 0 aliphatic carbocycles. The van der Waals surface area contributed by atoms with E-state index >= 15 is 0 Å². The molecule has 0 spiro atoms. The lowest BCUT2D eigenvalue weighted by Gasteiger charge is -2.48. The van der Waals surface area contributed by atoms with Crippen LogP contribution in [0.15, 0.2) is 47.7 Å². The third-order valence-electron chi connectivity index (χ3n) is 6.56. The largest absolute Gasteiger partial charge is 0.460 e. The summed E-state index contributed by atoms with van der Waals surface area (Å²) in [5.41, 5.74) is -0.0109. The Bertz CT molecular complexity index is 1460. The fraction of sp³-hybridized carbons (Fsp3) is 0.429. The van der Waals surface area contributed by atoms with Crippen LogP contribution in [0.3, 0.4) is 0 Å². The highest BCUT2D eigenvalue weighted by Gasteiger charge is 2.53. The maximum atomic E-state index is 14.3. The highest BCUT2D eigenvalue weighted by Crippen LogP contribution is 2.51. The van der Waals surface area contributed by atoms with Crippen molar-refractivity contribution in [2.24, 2.45) is 5.92 Å². The van der Waals surface area contributed by atoms with Crippen LogP contribution in [-0.2, 0) is 29.9 Å². The zero-order chi connectivity index (χ0) is 30.2. The Labute approximate surface area is 255 Å². The lowest BCUT2D eigenvalue weighted by molar-refractivity contribution is -0.143. The summed E-state index contributed by atoms with van der Waals surface area (Å²) in [5.74, 6) is -4.49. The topological polar surface area (TPSA) is 102 Å². The number of esters is 1. The third kappa shape index (κ3) is 7.15. The van der Waals surface area contributed by atoms with Crippen LogP contribution in [-0.4, -0.2) is 38.1 Å². The number of halogens is 4. The molecule has 3 rings (SSSR count). The van der Waals surface area contributed by atoms with E-state index in [9.17, 15) is 18.0 Å². The van der Waals surface area contributed by atoms with Crippen LogP contribution in [0.1, 0.15) is 58.6 Å². The quantitative estimate of drug-likeness (QED) is 0.295. The van der Waals surface area contributed by atoms with E-state index in [0.717, 1.165) is 0 Å². The molecule has 0 radical (unpaired) electrons. The van der Waals surface area contributed by atoms with Gasteiger partial charge in [0.25, 0.3) is 0 Å². The second-order valence-corrected chi connectivity index (χ2v) is 14.0. The molecular weight excluding hydrogens is 618 g/mol. The van der Waals surface area contributed by atoms with E-state index in [0.29, 0.717) is 26.9 Å². The molecule has 3 unspecified atom stereocenters. The summed E-state index contributed by atoms with van der Waals surface area (Å²) >= 11 is 26.1. The van der Waals surface area contributed by atoms with Crippen molar-refractivity contribution in [3.8, 4) is 0 Å². The predicted molar refractivity (Wildman–Crippen MR) is 161 cm³/mol. The number of hydrogen-bond donors (Lipinski definition) is 2. The molecule has 7 nitrogen and oxygen atoms in total. The molecule has 1 aliphatic heterocycles. The predicted octanol–water partition coefficient (Wildman–Crippen LogP) is 6.64. The zero-order valence-corrected chi connectivity index (χ0v) is 26.8. The molecule has 0 saturated heterocycles. The van der Waals surface area contributed by atoms with E-state index in [2.05, 4.69) is 10.0 Å². The number of rotatable bonds is 9. The second-order valence-electron chi connectivity index (χ2n) is 10.6. The van der Waals surface area contributed by atoms with E-state index in [4.69, 9.17) is 51.1 Å². The summed E-state index contributed by atoms with van der Waals surface area (Å²) in [6, 6.07) is 9.08. The average Bonchev–Trinajstić information content (AvgIpc) is 2.79. The monoisotopic (exact) mass is 648 g/mol. The van der Waals surface area contributed by atoms with Crippen LogP contribution >= 0.6 is 46.4 Å². The fourth-order valence-corrected chi connectivity index (χ4v) is 7.49. The maximum absolute atomic E-state index is 14.3. The van der Waals surface area contributed by atoms with Gasteiger partial charge >= 0.3 is 5.97 Å². The van der Waals surface area contributed by atoms with E-state index in [1.54, 1.807) is 77.9 Å². The van der Waals surface area contributed by atoms with E-state index in [-0.39, 0.29) is 15.6 Å². The van der Waals surface area contributed by atoms with Gasteiger partial charge in [-0.1, -0.05) is 46.4 Å². The zero-order valence-electron chi connectivity index (χ0n) is 22.9. The Morgan fingerprint density at radius 1 is 1.00 bits per heavy atom. The highest BCUT2D eigenvalue weighted by molar-refractivity contribution is 7.90. The van der Waals surface area contributed by atoms with Crippen molar-refractivity contribution >= 4 is 68.2 Å². The van der Waals surface area contributed by atoms with Gasteiger partial charge in [0.1, 0.15) is 5.75 Å². The normalized spacial score (nSPS) is 21.5. The van der Waals surface area contributed by atoms with Crippen molar-refractivity contribution in [1.29, 1.82) is 0 Å². The number of allylic oxidation sites excluding steroid dienone is 1. The Morgan fingerprint density at radius 3 is 2.15 bits per heavy atom. The molecule has 2 aromatic rings. The van der Waals surface area contributed by atoms with Gasteiger partial charge in [-0.3, -0.25) is 4.79 Å². The van der Waals surface area contributed by atoms with Crippen LogP contribution in [0.5, 0.6) is 0 Å². The number of ketones is 1. The van der Waals surface area contributed by atoms with Crippen molar-refractivity contribution in [3.63, 3.8) is 0 Å². The lowest BCUT2D eigenvalue weighted by Crippen LogP contribution is -2.56. The lowest BCUT2D eigenvalue weighted by atomic mass is 9.63. The van der Waals surface area contributed by atoms with Crippen molar-refractivity contribution in [3.05, 3.63) is 78.9 Å². The summed E-state index contributed by atoms with van der Waals surface area (Å²) in [7, 11) is -4.05. The van der Waals surface area contributed by atoms with Gasteiger partial charge in [0.05, 0.1) is 23.1 Å². The number of carbonyl (C=O) groups is 2. The molecular formula is C28H32Cl4N2O5S. The van der Waals surface area contributed by atoms with Gasteiger partial charge in [-0.05, 0) is 89.1 Å². The first-order valence-corrected chi connectivity index (χ1v) is 15.8. The smallest absolute Gasteiger partial charge is 0.336 e. The molecule has 0 saturated carbocycles. The fourth-order valence-electron chi connectivity index (χ4n) is 5.23. The van der Waals surface area contributed by atoms with Gasteiger partial charge < -0.3 is 10.1 Å². The summed E-state index contributed by atoms with van der Waals surface area (Å²) in [5, 5.41) is 4.49. The summed E-state index contributed by atoms with van der Waals surface area (Å²) in [6.45, 7) is 10.1. The first-order chi connectivity index (χ1) is 18.5. The van der Waals surface area contributed by atoms with E-state index in [1.165, 1.54) is 0 Å². The molecule has 0 fully saturated rings. The van der Waals surface area contributed by atoms with Crippen LogP contribution in [0.25, 0.3) is 0 Å². The van der Waals surface area contributed by atoms with Crippen molar-refractivity contribution in [1.82, 2.24) is 10.0 Å².